The lowest BCUT2D eigenvalue weighted by Gasteiger charge is -2.20. The molecule has 2 heterocycles. The molecule has 7 heteroatoms. The minimum Gasteiger partial charge on any atom is -0.386 e. The van der Waals surface area contributed by atoms with Crippen LogP contribution in [0.25, 0.3) is 0 Å². The Morgan fingerprint density at radius 3 is 2.90 bits per heavy atom. The number of carbonyl (C=O) groups excluding carboxylic acids is 1. The summed E-state index contributed by atoms with van der Waals surface area (Å²) in [6.45, 7) is 4.40. The molecule has 116 valence electrons. The Morgan fingerprint density at radius 2 is 2.29 bits per heavy atom. The molecule has 0 saturated carbocycles. The molecule has 21 heavy (non-hydrogen) atoms. The SMILES string of the molecule is Cc1nc(C)c(CCC(=O)NCC2(O)CCOC2)c(=O)[nH]1. The molecule has 1 unspecified atom stereocenters. The quantitative estimate of drug-likeness (QED) is 0.685. The highest BCUT2D eigenvalue weighted by Crippen LogP contribution is 2.16. The molecule has 1 fully saturated rings. The van der Waals surface area contributed by atoms with E-state index in [1.807, 2.05) is 0 Å². The van der Waals surface area contributed by atoms with E-state index >= 15 is 0 Å². The molecule has 1 amide bonds. The van der Waals surface area contributed by atoms with Crippen LogP contribution in [0.5, 0.6) is 0 Å². The maximum Gasteiger partial charge on any atom is 0.254 e. The molecule has 1 aromatic heterocycles. The maximum absolute atomic E-state index is 11.8. The van der Waals surface area contributed by atoms with Crippen molar-refractivity contribution < 1.29 is 14.6 Å². The number of hydrogen-bond acceptors (Lipinski definition) is 5. The van der Waals surface area contributed by atoms with Crippen LogP contribution in [0.2, 0.25) is 0 Å². The first-order chi connectivity index (χ1) is 9.89. The van der Waals surface area contributed by atoms with Gasteiger partial charge in [0, 0.05) is 37.3 Å². The van der Waals surface area contributed by atoms with Gasteiger partial charge in [-0.3, -0.25) is 9.59 Å². The lowest BCUT2D eigenvalue weighted by atomic mass is 10.0. The second-order valence-corrected chi connectivity index (χ2v) is 5.52. The summed E-state index contributed by atoms with van der Waals surface area (Å²) in [4.78, 5) is 30.4. The molecule has 0 aliphatic carbocycles. The van der Waals surface area contributed by atoms with Gasteiger partial charge in [0.15, 0.2) is 0 Å². The predicted molar refractivity (Wildman–Crippen MR) is 76.0 cm³/mol. The van der Waals surface area contributed by atoms with Gasteiger partial charge in [-0.05, 0) is 20.3 Å². The van der Waals surface area contributed by atoms with Crippen LogP contribution in [-0.2, 0) is 16.0 Å². The number of aliphatic hydroxyl groups is 1. The Balaban J connectivity index is 1.85. The van der Waals surface area contributed by atoms with Gasteiger partial charge >= 0.3 is 0 Å². The van der Waals surface area contributed by atoms with Crippen LogP contribution in [0.15, 0.2) is 4.79 Å². The third kappa shape index (κ3) is 4.12. The molecule has 1 aliphatic rings. The van der Waals surface area contributed by atoms with Crippen LogP contribution in [0.1, 0.15) is 29.9 Å². The Morgan fingerprint density at radius 1 is 1.52 bits per heavy atom. The number of amides is 1. The molecule has 1 aliphatic heterocycles. The highest BCUT2D eigenvalue weighted by atomic mass is 16.5. The zero-order chi connectivity index (χ0) is 15.5. The molecule has 2 rings (SSSR count). The normalized spacial score (nSPS) is 21.5. The van der Waals surface area contributed by atoms with Crippen LogP contribution >= 0.6 is 0 Å². The van der Waals surface area contributed by atoms with Crippen LogP contribution in [0, 0.1) is 13.8 Å². The third-order valence-electron chi connectivity index (χ3n) is 3.64. The number of H-pyrrole nitrogens is 1. The monoisotopic (exact) mass is 295 g/mol. The minimum atomic E-state index is -0.964. The van der Waals surface area contributed by atoms with Gasteiger partial charge < -0.3 is 20.1 Å². The van der Waals surface area contributed by atoms with Crippen molar-refractivity contribution in [3.63, 3.8) is 0 Å². The van der Waals surface area contributed by atoms with E-state index < -0.39 is 5.60 Å². The van der Waals surface area contributed by atoms with E-state index in [0.717, 1.165) is 0 Å². The van der Waals surface area contributed by atoms with Gasteiger partial charge in [0.05, 0.1) is 6.61 Å². The second kappa shape index (κ2) is 6.36. The summed E-state index contributed by atoms with van der Waals surface area (Å²) in [5.41, 5.74) is 0.00946. The van der Waals surface area contributed by atoms with Crippen molar-refractivity contribution in [3.8, 4) is 0 Å². The summed E-state index contributed by atoms with van der Waals surface area (Å²) in [6, 6.07) is 0. The highest BCUT2D eigenvalue weighted by Gasteiger charge is 2.32. The van der Waals surface area contributed by atoms with Gasteiger partial charge in [0.2, 0.25) is 5.91 Å². The molecule has 0 bridgehead atoms. The van der Waals surface area contributed by atoms with E-state index in [-0.39, 0.29) is 31.0 Å². The summed E-state index contributed by atoms with van der Waals surface area (Å²) >= 11 is 0. The zero-order valence-electron chi connectivity index (χ0n) is 12.4. The first-order valence-corrected chi connectivity index (χ1v) is 7.03. The van der Waals surface area contributed by atoms with Crippen molar-refractivity contribution in [2.24, 2.45) is 0 Å². The fourth-order valence-electron chi connectivity index (χ4n) is 2.37. The standard InChI is InChI=1S/C14H21N3O4/c1-9-11(13(19)17-10(2)16-9)3-4-12(18)15-7-14(20)5-6-21-8-14/h20H,3-8H2,1-2H3,(H,15,18)(H,16,17,19). The number of nitrogens with one attached hydrogen (secondary N) is 2. The first kappa shape index (κ1) is 15.7. The number of carbonyl (C=O) groups is 1. The minimum absolute atomic E-state index is 0.174. The number of ether oxygens (including phenoxy) is 1. The third-order valence-corrected chi connectivity index (χ3v) is 3.64. The Labute approximate surface area is 122 Å². The summed E-state index contributed by atoms with van der Waals surface area (Å²) in [6.07, 6.45) is 1.04. The number of aromatic amines is 1. The van der Waals surface area contributed by atoms with Crippen LogP contribution < -0.4 is 10.9 Å². The Hall–Kier alpha value is -1.73. The molecule has 1 atom stereocenters. The number of hydrogen-bond donors (Lipinski definition) is 3. The van der Waals surface area contributed by atoms with E-state index in [0.29, 0.717) is 36.5 Å². The van der Waals surface area contributed by atoms with Crippen LogP contribution in [0.4, 0.5) is 0 Å². The summed E-state index contributed by atoms with van der Waals surface area (Å²) in [7, 11) is 0. The summed E-state index contributed by atoms with van der Waals surface area (Å²) < 4.78 is 5.11. The molecular weight excluding hydrogens is 274 g/mol. The molecule has 3 N–H and O–H groups in total. The van der Waals surface area contributed by atoms with Gasteiger partial charge in [-0.25, -0.2) is 4.98 Å². The predicted octanol–water partition coefficient (Wildman–Crippen LogP) is -0.413. The molecule has 0 spiro atoms. The van der Waals surface area contributed by atoms with Crippen LogP contribution in [0.3, 0.4) is 0 Å². The van der Waals surface area contributed by atoms with Crippen molar-refractivity contribution in [1.29, 1.82) is 0 Å². The molecular formula is C14H21N3O4. The van der Waals surface area contributed by atoms with Crippen molar-refractivity contribution >= 4 is 5.91 Å². The summed E-state index contributed by atoms with van der Waals surface area (Å²) in [5.74, 6) is 0.365. The van der Waals surface area contributed by atoms with Gasteiger partial charge in [-0.2, -0.15) is 0 Å². The Kier molecular flexibility index (Phi) is 4.74. The number of aromatic nitrogens is 2. The largest absolute Gasteiger partial charge is 0.386 e. The molecule has 0 aromatic carbocycles. The zero-order valence-corrected chi connectivity index (χ0v) is 12.4. The van der Waals surface area contributed by atoms with Crippen LogP contribution in [-0.4, -0.2) is 46.3 Å². The average molecular weight is 295 g/mol. The van der Waals surface area contributed by atoms with E-state index in [9.17, 15) is 14.7 Å². The fraction of sp³-hybridized carbons (Fsp3) is 0.643. The smallest absolute Gasteiger partial charge is 0.254 e. The van der Waals surface area contributed by atoms with E-state index in [4.69, 9.17) is 4.74 Å². The lowest BCUT2D eigenvalue weighted by molar-refractivity contribution is -0.122. The van der Waals surface area contributed by atoms with Crippen molar-refractivity contribution in [2.45, 2.75) is 38.7 Å². The van der Waals surface area contributed by atoms with Gasteiger partial charge in [0.25, 0.3) is 5.56 Å². The van der Waals surface area contributed by atoms with E-state index in [1.165, 1.54) is 0 Å². The number of aryl methyl sites for hydroxylation is 2. The van der Waals surface area contributed by atoms with Crippen molar-refractivity contribution in [1.82, 2.24) is 15.3 Å². The van der Waals surface area contributed by atoms with E-state index in [1.54, 1.807) is 13.8 Å². The number of rotatable bonds is 5. The molecule has 0 radical (unpaired) electrons. The maximum atomic E-state index is 11.8. The Bertz CT molecular complexity index is 576. The fourth-order valence-corrected chi connectivity index (χ4v) is 2.37. The van der Waals surface area contributed by atoms with E-state index in [2.05, 4.69) is 15.3 Å². The second-order valence-electron chi connectivity index (χ2n) is 5.52. The molecule has 1 saturated heterocycles. The van der Waals surface area contributed by atoms with Gasteiger partial charge in [-0.1, -0.05) is 0 Å². The van der Waals surface area contributed by atoms with Crippen molar-refractivity contribution in [2.75, 3.05) is 19.8 Å². The molecule has 1 aromatic rings. The first-order valence-electron chi connectivity index (χ1n) is 7.03. The van der Waals surface area contributed by atoms with Crippen molar-refractivity contribution in [3.05, 3.63) is 27.4 Å². The lowest BCUT2D eigenvalue weighted by Crippen LogP contribution is -2.43. The van der Waals surface area contributed by atoms with Gasteiger partial charge in [0.1, 0.15) is 11.4 Å². The average Bonchev–Trinajstić information content (AvgIpc) is 2.82. The summed E-state index contributed by atoms with van der Waals surface area (Å²) in [5, 5.41) is 12.7. The van der Waals surface area contributed by atoms with Gasteiger partial charge in [-0.15, -0.1) is 0 Å². The number of nitrogens with zero attached hydrogens (tertiary/aromatic N) is 1. The highest BCUT2D eigenvalue weighted by molar-refractivity contribution is 5.76. The topological polar surface area (TPSA) is 104 Å². The molecule has 7 nitrogen and oxygen atoms in total.